The molecule has 0 fully saturated rings. The van der Waals surface area contributed by atoms with Crippen LogP contribution in [0.5, 0.6) is 35.3 Å². The first-order chi connectivity index (χ1) is 43.4. The van der Waals surface area contributed by atoms with Gasteiger partial charge in [-0.3, -0.25) is 14.9 Å². The number of aromatic hydroxyl groups is 2. The van der Waals surface area contributed by atoms with E-state index in [1.165, 1.54) is 12.1 Å². The van der Waals surface area contributed by atoms with Gasteiger partial charge in [-0.05, 0) is 94.5 Å². The summed E-state index contributed by atoms with van der Waals surface area (Å²) in [5.74, 6) is 2.33. The molecular weight excluding hydrogens is 1270 g/mol. The highest BCUT2D eigenvalue weighted by molar-refractivity contribution is 6.31. The van der Waals surface area contributed by atoms with Crippen molar-refractivity contribution >= 4 is 40.9 Å². The number of phenolic OH excluding ortho intramolecular Hbond substituents is 2. The molecule has 488 valence electrons. The number of fused-ring (bicyclic) bond motifs is 11. The molecule has 0 saturated heterocycles. The minimum absolute atomic E-state index is 0.0739. The van der Waals surface area contributed by atoms with Gasteiger partial charge >= 0.3 is 36.6 Å². The van der Waals surface area contributed by atoms with Crippen LogP contribution in [-0.2, 0) is 48.5 Å². The lowest BCUT2D eigenvalue weighted by Crippen LogP contribution is -2.21. The number of H-pyrrole nitrogens is 2. The molecule has 11 rings (SSSR count). The number of aromatic amines is 2. The van der Waals surface area contributed by atoms with Crippen molar-refractivity contribution in [2.45, 2.75) is 57.5 Å². The fourth-order valence-electron chi connectivity index (χ4n) is 6.67. The average molecular weight is 1330 g/mol. The number of rotatable bonds is 12. The van der Waals surface area contributed by atoms with Crippen LogP contribution < -0.4 is 41.0 Å². The maximum atomic E-state index is 12.7. The van der Waals surface area contributed by atoms with Gasteiger partial charge in [0.05, 0.1) is 51.3 Å². The SMILES string of the molecule is FC(F)(F)COc1nc(Cl)nc(Cl)n1.FC(F)(F)COc1nc2nc(n1)NCc1ccc(cc1)OCCOCCOCCn1ccc(n1)C2.NCc1ccc(O)cc1.Nc1ccn[nH]1.Oc1ccc(CNc2nc(Cc3ccn[nH]3)nc(OCC(F)(F)F)n2)cc1. The van der Waals surface area contributed by atoms with Crippen LogP contribution in [0.2, 0.25) is 10.6 Å². The summed E-state index contributed by atoms with van der Waals surface area (Å²) in [4.78, 5) is 34.2. The van der Waals surface area contributed by atoms with E-state index in [1.54, 1.807) is 77.9 Å². The molecule has 8 heterocycles. The smallest absolute Gasteiger partial charge is 0.422 e. The number of nitrogens with zero attached hydrogens (tertiary/aromatic N) is 13. The quantitative estimate of drug-likeness (QED) is 0.0423. The molecule has 91 heavy (non-hydrogen) atoms. The number of hydrogen-bond donors (Lipinski definition) is 8. The van der Waals surface area contributed by atoms with E-state index in [4.69, 9.17) is 58.7 Å². The molecule has 27 nitrogen and oxygen atoms in total. The molecule has 10 N–H and O–H groups in total. The van der Waals surface area contributed by atoms with Crippen molar-refractivity contribution in [3.8, 4) is 35.3 Å². The minimum atomic E-state index is -4.52. The van der Waals surface area contributed by atoms with Crippen molar-refractivity contribution in [2.24, 2.45) is 5.73 Å². The molecule has 2 aliphatic rings. The van der Waals surface area contributed by atoms with Crippen LogP contribution in [0.4, 0.5) is 57.2 Å². The van der Waals surface area contributed by atoms with Crippen molar-refractivity contribution in [3.05, 3.63) is 160 Å². The number of nitrogens with one attached hydrogen (secondary N) is 4. The second-order valence-electron chi connectivity index (χ2n) is 18.1. The highest BCUT2D eigenvalue weighted by atomic mass is 35.5. The van der Waals surface area contributed by atoms with E-state index in [0.29, 0.717) is 82.2 Å². The third-order valence-electron chi connectivity index (χ3n) is 10.7. The van der Waals surface area contributed by atoms with Crippen LogP contribution in [0.25, 0.3) is 0 Å². The summed E-state index contributed by atoms with van der Waals surface area (Å²) in [7, 11) is 0. The predicted octanol–water partition coefficient (Wildman–Crippen LogP) is 8.04. The van der Waals surface area contributed by atoms with Gasteiger partial charge in [-0.2, -0.15) is 99.7 Å². The summed E-state index contributed by atoms with van der Waals surface area (Å²) in [5.41, 5.74) is 14.6. The molecule has 6 bridgehead atoms. The van der Waals surface area contributed by atoms with Gasteiger partial charge in [0.1, 0.15) is 41.3 Å². The minimum Gasteiger partial charge on any atom is -0.508 e. The van der Waals surface area contributed by atoms with Gasteiger partial charge < -0.3 is 60.7 Å². The van der Waals surface area contributed by atoms with Crippen molar-refractivity contribution in [1.82, 2.24) is 75.0 Å². The molecule has 0 saturated carbocycles. The molecule has 0 aliphatic carbocycles. The number of benzene rings is 3. The topological polar surface area (TPSA) is 363 Å². The number of ether oxygens (including phenoxy) is 6. The number of hydrogen-bond acceptors (Lipinski definition) is 24. The fourth-order valence-corrected chi connectivity index (χ4v) is 7.02. The standard InChI is InChI=1S/C22H25F3N6O4.C16H15F3N6O2.C7H9NO.C5H2Cl2F3N3O.C3H5N3/c23-22(24,25)15-35-21-28-19-13-17-5-6-31(30-17)7-8-32-9-10-33-11-12-34-18-3-1-16(2-4-18)14-26-20(27-19)29-21;17-16(18,19)9-27-15-23-13(7-11-5-6-21-25-11)22-14(24-15)20-8-10-1-3-12(26)4-2-10;8-5-6-1-3-7(9)4-2-6;6-2-11-3(7)13-4(12-2)14-1-5(8,9)10;4-3-1-2-5-6-3/h1-6H,7-15H2,(H,26,27,28,29);1-6,26H,7-9H2,(H,21,25)(H,20,22,23,24);1-4,9H,5,8H2;1H2;1-2H,(H3,4,5,6). The zero-order chi connectivity index (χ0) is 65.7. The third kappa shape index (κ3) is 29.5. The van der Waals surface area contributed by atoms with Gasteiger partial charge in [-0.25, -0.2) is 0 Å². The van der Waals surface area contributed by atoms with E-state index in [0.717, 1.165) is 16.7 Å². The fraction of sp³-hybridized carbons (Fsp3) is 0.321. The summed E-state index contributed by atoms with van der Waals surface area (Å²) in [6.45, 7) is -0.628. The Kier molecular flexibility index (Phi) is 27.5. The number of halogens is 11. The number of alkyl halides is 9. The highest BCUT2D eigenvalue weighted by Crippen LogP contribution is 2.22. The van der Waals surface area contributed by atoms with E-state index in [-0.39, 0.29) is 58.5 Å². The maximum Gasteiger partial charge on any atom is 0.422 e. The first kappa shape index (κ1) is 70.4. The van der Waals surface area contributed by atoms with Gasteiger partial charge in [0.15, 0.2) is 19.8 Å². The Morgan fingerprint density at radius 1 is 0.604 bits per heavy atom. The van der Waals surface area contributed by atoms with Crippen LogP contribution in [0.15, 0.2) is 110 Å². The molecule has 0 atom stereocenters. The third-order valence-corrected chi connectivity index (χ3v) is 11.0. The summed E-state index contributed by atoms with van der Waals surface area (Å²) < 4.78 is 142. The lowest BCUT2D eigenvalue weighted by Gasteiger charge is -2.11. The van der Waals surface area contributed by atoms with Crippen LogP contribution >= 0.6 is 23.2 Å². The Labute approximate surface area is 520 Å². The Hall–Kier alpha value is -9.65. The Morgan fingerprint density at radius 2 is 1.18 bits per heavy atom. The molecule has 3 aromatic carbocycles. The predicted molar refractivity (Wildman–Crippen MR) is 306 cm³/mol. The number of aromatic nitrogens is 15. The number of anilines is 3. The second kappa shape index (κ2) is 35.5. The molecule has 0 amide bonds. The van der Waals surface area contributed by atoms with Crippen LogP contribution in [0, 0.1) is 0 Å². The Balaban J connectivity index is 0.000000205. The zero-order valence-electron chi connectivity index (χ0n) is 47.3. The Bertz CT molecular complexity index is 3510. The van der Waals surface area contributed by atoms with Gasteiger partial charge in [0.25, 0.3) is 0 Å². The van der Waals surface area contributed by atoms with Crippen LogP contribution in [-0.4, -0.2) is 157 Å². The van der Waals surface area contributed by atoms with Gasteiger partial charge in [0, 0.05) is 44.1 Å². The molecule has 0 spiro atoms. The zero-order valence-corrected chi connectivity index (χ0v) is 48.8. The molecule has 2 aliphatic heterocycles. The molecule has 0 unspecified atom stereocenters. The summed E-state index contributed by atoms with van der Waals surface area (Å²) >= 11 is 10.6. The monoisotopic (exact) mass is 1330 g/mol. The first-order valence-corrected chi connectivity index (χ1v) is 27.2. The van der Waals surface area contributed by atoms with Gasteiger partial charge in [-0.1, -0.05) is 36.4 Å². The van der Waals surface area contributed by atoms with Crippen molar-refractivity contribution in [3.63, 3.8) is 0 Å². The molecular formula is C53H56Cl2F9N19O8. The van der Waals surface area contributed by atoms with Crippen molar-refractivity contribution in [2.75, 3.05) is 69.2 Å². The highest BCUT2D eigenvalue weighted by Gasteiger charge is 2.31. The van der Waals surface area contributed by atoms with E-state index in [9.17, 15) is 44.6 Å². The van der Waals surface area contributed by atoms with Crippen LogP contribution in [0.3, 0.4) is 0 Å². The van der Waals surface area contributed by atoms with E-state index in [1.807, 2.05) is 24.3 Å². The summed E-state index contributed by atoms with van der Waals surface area (Å²) in [6, 6.07) is 24.4. The largest absolute Gasteiger partial charge is 0.508 e. The van der Waals surface area contributed by atoms with Crippen LogP contribution in [0.1, 0.15) is 39.7 Å². The average Bonchev–Trinajstić information content (AvgIpc) is 2.27. The van der Waals surface area contributed by atoms with E-state index >= 15 is 0 Å². The van der Waals surface area contributed by atoms with E-state index < -0.39 is 56.4 Å². The number of nitrogen functional groups attached to an aromatic ring is 1. The van der Waals surface area contributed by atoms with Gasteiger partial charge in [0.2, 0.25) is 22.5 Å². The second-order valence-corrected chi connectivity index (χ2v) is 18.7. The maximum absolute atomic E-state index is 12.7. The number of phenols is 2. The number of nitrogens with two attached hydrogens (primary N) is 2. The van der Waals surface area contributed by atoms with E-state index in [2.05, 4.69) is 90.5 Å². The Morgan fingerprint density at radius 3 is 1.74 bits per heavy atom. The lowest BCUT2D eigenvalue weighted by atomic mass is 10.2. The normalized spacial score (nSPS) is 12.7. The molecule has 38 heteroatoms. The summed E-state index contributed by atoms with van der Waals surface area (Å²) in [6.07, 6.45) is -8.14. The van der Waals surface area contributed by atoms with Gasteiger partial charge in [-0.15, -0.1) is 0 Å². The molecule has 6 aromatic heterocycles. The lowest BCUT2D eigenvalue weighted by molar-refractivity contribution is -0.155. The van der Waals surface area contributed by atoms with Crippen molar-refractivity contribution in [1.29, 1.82) is 0 Å². The summed E-state index contributed by atoms with van der Waals surface area (Å²) in [5, 5.41) is 40.4. The van der Waals surface area contributed by atoms with Crippen molar-refractivity contribution < 1.29 is 78.1 Å². The molecule has 9 aromatic rings. The first-order valence-electron chi connectivity index (χ1n) is 26.4. The molecule has 0 radical (unpaired) electrons.